The van der Waals surface area contributed by atoms with Gasteiger partial charge in [-0.2, -0.15) is 0 Å². The Morgan fingerprint density at radius 2 is 2.00 bits per heavy atom. The molecule has 1 amide bonds. The Kier molecular flexibility index (Phi) is 4.84. The first-order chi connectivity index (χ1) is 12.7. The van der Waals surface area contributed by atoms with Gasteiger partial charge >= 0.3 is 6.09 Å². The van der Waals surface area contributed by atoms with Crippen molar-refractivity contribution in [2.45, 2.75) is 26.2 Å². The van der Waals surface area contributed by atoms with E-state index < -0.39 is 17.3 Å². The Morgan fingerprint density at radius 1 is 1.26 bits per heavy atom. The first-order valence-corrected chi connectivity index (χ1v) is 8.33. The van der Waals surface area contributed by atoms with E-state index in [-0.39, 0.29) is 28.0 Å². The monoisotopic (exact) mass is 390 g/mol. The lowest BCUT2D eigenvalue weighted by Crippen LogP contribution is -2.11. The van der Waals surface area contributed by atoms with Gasteiger partial charge in [0.05, 0.1) is 5.69 Å². The van der Waals surface area contributed by atoms with E-state index in [1.54, 1.807) is 6.07 Å². The first-order valence-electron chi connectivity index (χ1n) is 7.96. The fourth-order valence-corrected chi connectivity index (χ4v) is 2.53. The van der Waals surface area contributed by atoms with Crippen LogP contribution in [-0.4, -0.2) is 26.2 Å². The molecule has 2 N–H and O–H groups in total. The second-order valence-electron chi connectivity index (χ2n) is 6.75. The number of benzene rings is 1. The van der Waals surface area contributed by atoms with Crippen LogP contribution in [0.2, 0.25) is 5.28 Å². The summed E-state index contributed by atoms with van der Waals surface area (Å²) >= 11 is 5.87. The summed E-state index contributed by atoms with van der Waals surface area (Å²) in [7, 11) is 0. The third kappa shape index (κ3) is 3.90. The number of halogens is 2. The number of hydrogen-bond acceptors (Lipinski definition) is 5. The summed E-state index contributed by atoms with van der Waals surface area (Å²) in [6, 6.07) is 5.89. The highest BCUT2D eigenvalue weighted by molar-refractivity contribution is 6.28. The van der Waals surface area contributed by atoms with Crippen molar-refractivity contribution in [3.63, 3.8) is 0 Å². The summed E-state index contributed by atoms with van der Waals surface area (Å²) in [4.78, 5) is 23.3. The van der Waals surface area contributed by atoms with Gasteiger partial charge in [0.1, 0.15) is 11.4 Å². The second-order valence-corrected chi connectivity index (χ2v) is 7.09. The van der Waals surface area contributed by atoms with E-state index in [1.807, 2.05) is 26.1 Å². The standard InChI is InChI=1S/C18H16ClFN4O3/c1-18(2,3)15-24-13(14(27-15)11-7-8-21-16(19)22-11)9-5-4-6-10(12(9)20)23-17(25)26/h4-8,23H,1-3H3,(H,25,26). The molecule has 3 aromatic rings. The molecule has 0 atom stereocenters. The van der Waals surface area contributed by atoms with Gasteiger partial charge in [-0.1, -0.05) is 26.8 Å². The Balaban J connectivity index is 2.24. The van der Waals surface area contributed by atoms with E-state index in [1.165, 1.54) is 24.4 Å². The molecule has 7 nitrogen and oxygen atoms in total. The van der Waals surface area contributed by atoms with Gasteiger partial charge in [-0.15, -0.1) is 0 Å². The molecular weight excluding hydrogens is 375 g/mol. The van der Waals surface area contributed by atoms with Gasteiger partial charge in [-0.25, -0.2) is 24.1 Å². The molecule has 0 radical (unpaired) electrons. The van der Waals surface area contributed by atoms with Crippen LogP contribution in [0.4, 0.5) is 14.9 Å². The van der Waals surface area contributed by atoms with Gasteiger partial charge in [0.15, 0.2) is 11.6 Å². The predicted octanol–water partition coefficient (Wildman–Crippen LogP) is 4.98. The molecule has 3 rings (SSSR count). The number of hydrogen-bond donors (Lipinski definition) is 2. The van der Waals surface area contributed by atoms with E-state index in [0.717, 1.165) is 0 Å². The Labute approximate surface area is 159 Å². The lowest BCUT2D eigenvalue weighted by atomic mass is 9.97. The molecule has 2 heterocycles. The van der Waals surface area contributed by atoms with Crippen molar-refractivity contribution in [1.29, 1.82) is 0 Å². The number of carbonyl (C=O) groups is 1. The van der Waals surface area contributed by atoms with E-state index in [9.17, 15) is 9.18 Å². The van der Waals surface area contributed by atoms with Crippen molar-refractivity contribution < 1.29 is 18.7 Å². The zero-order valence-electron chi connectivity index (χ0n) is 14.7. The van der Waals surface area contributed by atoms with Crippen LogP contribution < -0.4 is 5.32 Å². The van der Waals surface area contributed by atoms with Crippen LogP contribution in [0, 0.1) is 5.82 Å². The number of nitrogens with one attached hydrogen (secondary N) is 1. The maximum absolute atomic E-state index is 14.9. The maximum Gasteiger partial charge on any atom is 0.409 e. The summed E-state index contributed by atoms with van der Waals surface area (Å²) in [6.45, 7) is 5.70. The molecule has 0 fully saturated rings. The molecule has 2 aromatic heterocycles. The number of aromatic nitrogens is 3. The van der Waals surface area contributed by atoms with Gasteiger partial charge in [0.25, 0.3) is 0 Å². The number of anilines is 1. The minimum atomic E-state index is -1.37. The number of nitrogens with zero attached hydrogens (tertiary/aromatic N) is 3. The van der Waals surface area contributed by atoms with Crippen molar-refractivity contribution in [3.05, 3.63) is 47.5 Å². The van der Waals surface area contributed by atoms with Gasteiger partial charge in [0.2, 0.25) is 11.2 Å². The molecule has 0 aliphatic heterocycles. The van der Waals surface area contributed by atoms with Gasteiger partial charge < -0.3 is 9.52 Å². The minimum absolute atomic E-state index is 0.00826. The Morgan fingerprint density at radius 3 is 2.63 bits per heavy atom. The molecule has 0 spiro atoms. The normalized spacial score (nSPS) is 11.4. The van der Waals surface area contributed by atoms with Crippen LogP contribution in [0.15, 0.2) is 34.9 Å². The van der Waals surface area contributed by atoms with Gasteiger partial charge in [0, 0.05) is 17.2 Å². The fraction of sp³-hybridized carbons (Fsp3) is 0.222. The van der Waals surface area contributed by atoms with Crippen molar-refractivity contribution >= 4 is 23.4 Å². The fourth-order valence-electron chi connectivity index (χ4n) is 2.39. The summed E-state index contributed by atoms with van der Waals surface area (Å²) in [5.41, 5.74) is -0.0283. The van der Waals surface area contributed by atoms with Crippen LogP contribution in [0.25, 0.3) is 22.7 Å². The average molecular weight is 391 g/mol. The molecule has 0 saturated heterocycles. The Hall–Kier alpha value is -3.00. The third-order valence-corrected chi connectivity index (χ3v) is 3.81. The molecule has 0 aliphatic rings. The summed E-state index contributed by atoms with van der Waals surface area (Å²) in [6.07, 6.45) is 0.0799. The lowest BCUT2D eigenvalue weighted by Gasteiger charge is -2.12. The highest BCUT2D eigenvalue weighted by atomic mass is 35.5. The van der Waals surface area contributed by atoms with Crippen molar-refractivity contribution in [3.8, 4) is 22.7 Å². The molecule has 0 saturated carbocycles. The number of oxazole rings is 1. The third-order valence-electron chi connectivity index (χ3n) is 3.62. The zero-order valence-corrected chi connectivity index (χ0v) is 15.5. The summed E-state index contributed by atoms with van der Waals surface area (Å²) in [5.74, 6) is -0.177. The van der Waals surface area contributed by atoms with E-state index in [2.05, 4.69) is 15.0 Å². The lowest BCUT2D eigenvalue weighted by molar-refractivity contribution is 0.209. The predicted molar refractivity (Wildman–Crippen MR) is 98.3 cm³/mol. The van der Waals surface area contributed by atoms with Crippen LogP contribution >= 0.6 is 11.6 Å². The van der Waals surface area contributed by atoms with E-state index >= 15 is 0 Å². The van der Waals surface area contributed by atoms with Crippen molar-refractivity contribution in [2.24, 2.45) is 0 Å². The second kappa shape index (κ2) is 6.96. The first kappa shape index (κ1) is 18.8. The van der Waals surface area contributed by atoms with Crippen LogP contribution in [0.3, 0.4) is 0 Å². The molecule has 0 aliphatic carbocycles. The topological polar surface area (TPSA) is 101 Å². The molecule has 140 valence electrons. The minimum Gasteiger partial charge on any atom is -0.465 e. The van der Waals surface area contributed by atoms with Crippen molar-refractivity contribution in [2.75, 3.05) is 5.32 Å². The van der Waals surface area contributed by atoms with Gasteiger partial charge in [-0.05, 0) is 29.8 Å². The molecule has 0 unspecified atom stereocenters. The van der Waals surface area contributed by atoms with Crippen LogP contribution in [-0.2, 0) is 5.41 Å². The highest BCUT2D eigenvalue weighted by Gasteiger charge is 2.27. The molecular formula is C18H16ClFN4O3. The largest absolute Gasteiger partial charge is 0.465 e. The summed E-state index contributed by atoms with van der Waals surface area (Å²) < 4.78 is 20.8. The quantitative estimate of drug-likeness (QED) is 0.611. The SMILES string of the molecule is CC(C)(C)c1nc(-c2cccc(NC(=O)O)c2F)c(-c2ccnc(Cl)n2)o1. The van der Waals surface area contributed by atoms with Crippen LogP contribution in [0.5, 0.6) is 0 Å². The summed E-state index contributed by atoms with van der Waals surface area (Å²) in [5, 5.41) is 10.9. The van der Waals surface area contributed by atoms with Crippen molar-refractivity contribution in [1.82, 2.24) is 15.0 Å². The van der Waals surface area contributed by atoms with E-state index in [4.69, 9.17) is 21.1 Å². The number of rotatable bonds is 3. The number of amides is 1. The molecule has 0 bridgehead atoms. The van der Waals surface area contributed by atoms with Crippen LogP contribution in [0.1, 0.15) is 26.7 Å². The smallest absolute Gasteiger partial charge is 0.409 e. The maximum atomic E-state index is 14.9. The van der Waals surface area contributed by atoms with Gasteiger partial charge in [-0.3, -0.25) is 5.32 Å². The highest BCUT2D eigenvalue weighted by Crippen LogP contribution is 2.38. The molecule has 1 aromatic carbocycles. The Bertz CT molecular complexity index is 1010. The molecule has 27 heavy (non-hydrogen) atoms. The average Bonchev–Trinajstić information content (AvgIpc) is 3.02. The number of carboxylic acid groups (broad SMARTS) is 1. The van der Waals surface area contributed by atoms with E-state index in [0.29, 0.717) is 11.6 Å². The molecule has 9 heteroatoms. The zero-order chi connectivity index (χ0) is 19.8.